The largest absolute Gasteiger partial charge is 0.455 e. The van der Waals surface area contributed by atoms with Gasteiger partial charge < -0.3 is 9.64 Å². The number of aryl methyl sites for hydroxylation is 1. The van der Waals surface area contributed by atoms with Crippen molar-refractivity contribution >= 4 is 29.2 Å². The number of carbonyl (C=O) groups excluding carboxylic acids is 2. The van der Waals surface area contributed by atoms with Crippen LogP contribution in [0.2, 0.25) is 5.02 Å². The summed E-state index contributed by atoms with van der Waals surface area (Å²) in [7, 11) is 0. The average Bonchev–Trinajstić information content (AvgIpc) is 2.67. The number of anilines is 1. The molecule has 0 spiro atoms. The predicted octanol–water partition coefficient (Wildman–Crippen LogP) is 4.60. The van der Waals surface area contributed by atoms with E-state index >= 15 is 0 Å². The fourth-order valence-electron chi connectivity index (χ4n) is 3.56. The maximum Gasteiger partial charge on any atom is 0.314 e. The highest BCUT2D eigenvalue weighted by molar-refractivity contribution is 6.30. The molecule has 1 atom stereocenters. The highest BCUT2D eigenvalue weighted by Gasteiger charge is 2.28. The average molecular weight is 386 g/mol. The fourth-order valence-corrected chi connectivity index (χ4v) is 3.68. The SMILES string of the molecule is CC(C)[C@H](C(=O)OCC(=O)N1CCCc2ccccc21)c1ccc(Cl)cc1. The number of rotatable bonds is 5. The van der Waals surface area contributed by atoms with Gasteiger partial charge in [0.2, 0.25) is 0 Å². The monoisotopic (exact) mass is 385 g/mol. The molecular weight excluding hydrogens is 362 g/mol. The Morgan fingerprint density at radius 3 is 2.52 bits per heavy atom. The molecule has 0 unspecified atom stereocenters. The summed E-state index contributed by atoms with van der Waals surface area (Å²) < 4.78 is 5.42. The molecule has 0 aromatic heterocycles. The Morgan fingerprint density at radius 2 is 1.81 bits per heavy atom. The molecule has 0 saturated carbocycles. The van der Waals surface area contributed by atoms with Gasteiger partial charge in [-0.25, -0.2) is 0 Å². The number of esters is 1. The minimum atomic E-state index is -0.427. The first kappa shape index (κ1) is 19.4. The zero-order chi connectivity index (χ0) is 19.4. The van der Waals surface area contributed by atoms with Crippen molar-refractivity contribution in [1.82, 2.24) is 0 Å². The number of ether oxygens (including phenoxy) is 1. The fraction of sp³-hybridized carbons (Fsp3) is 0.364. The van der Waals surface area contributed by atoms with E-state index in [9.17, 15) is 9.59 Å². The lowest BCUT2D eigenvalue weighted by Gasteiger charge is -2.29. The first-order chi connectivity index (χ1) is 13.0. The van der Waals surface area contributed by atoms with Gasteiger partial charge in [0, 0.05) is 17.3 Å². The van der Waals surface area contributed by atoms with E-state index in [2.05, 4.69) is 0 Å². The van der Waals surface area contributed by atoms with Gasteiger partial charge in [-0.15, -0.1) is 0 Å². The number of benzene rings is 2. The van der Waals surface area contributed by atoms with E-state index in [1.807, 2.05) is 50.2 Å². The molecule has 0 saturated heterocycles. The van der Waals surface area contributed by atoms with Crippen molar-refractivity contribution in [3.63, 3.8) is 0 Å². The van der Waals surface area contributed by atoms with E-state index in [0.717, 1.165) is 29.7 Å². The number of nitrogens with zero attached hydrogens (tertiary/aromatic N) is 1. The summed E-state index contributed by atoms with van der Waals surface area (Å²) in [5.41, 5.74) is 2.92. The van der Waals surface area contributed by atoms with Crippen molar-refractivity contribution in [3.8, 4) is 0 Å². The number of carbonyl (C=O) groups is 2. The molecule has 1 heterocycles. The first-order valence-electron chi connectivity index (χ1n) is 9.27. The molecule has 1 amide bonds. The second-order valence-corrected chi connectivity index (χ2v) is 7.60. The molecular formula is C22H24ClNO3. The zero-order valence-electron chi connectivity index (χ0n) is 15.7. The predicted molar refractivity (Wildman–Crippen MR) is 107 cm³/mol. The van der Waals surface area contributed by atoms with Gasteiger partial charge in [-0.3, -0.25) is 9.59 Å². The van der Waals surface area contributed by atoms with Crippen molar-refractivity contribution in [2.45, 2.75) is 32.6 Å². The third kappa shape index (κ3) is 4.51. The quantitative estimate of drug-likeness (QED) is 0.706. The van der Waals surface area contributed by atoms with Gasteiger partial charge >= 0.3 is 5.97 Å². The molecule has 0 aliphatic carbocycles. The maximum absolute atomic E-state index is 12.7. The molecule has 1 aliphatic heterocycles. The standard InChI is InChI=1S/C22H24ClNO3/c1-15(2)21(17-9-11-18(23)12-10-17)22(26)27-14-20(25)24-13-5-7-16-6-3-4-8-19(16)24/h3-4,6,8-12,15,21H,5,7,13-14H2,1-2H3/t21-/m0/s1. The summed E-state index contributed by atoms with van der Waals surface area (Å²) in [5, 5.41) is 0.619. The van der Waals surface area contributed by atoms with Crippen molar-refractivity contribution in [3.05, 3.63) is 64.7 Å². The highest BCUT2D eigenvalue weighted by Crippen LogP contribution is 2.28. The topological polar surface area (TPSA) is 46.6 Å². The summed E-state index contributed by atoms with van der Waals surface area (Å²) in [4.78, 5) is 27.1. The Morgan fingerprint density at radius 1 is 1.11 bits per heavy atom. The number of fused-ring (bicyclic) bond motifs is 1. The van der Waals surface area contributed by atoms with Gasteiger partial charge in [0.15, 0.2) is 6.61 Å². The zero-order valence-corrected chi connectivity index (χ0v) is 16.4. The van der Waals surface area contributed by atoms with Crippen molar-refractivity contribution < 1.29 is 14.3 Å². The summed E-state index contributed by atoms with van der Waals surface area (Å²) in [6, 6.07) is 15.1. The molecule has 0 N–H and O–H groups in total. The van der Waals surface area contributed by atoms with Crippen LogP contribution in [0.4, 0.5) is 5.69 Å². The third-order valence-corrected chi connectivity index (χ3v) is 5.15. The number of halogens is 1. The van der Waals surface area contributed by atoms with Crippen LogP contribution < -0.4 is 4.90 Å². The first-order valence-corrected chi connectivity index (χ1v) is 9.65. The van der Waals surface area contributed by atoms with Crippen LogP contribution in [0.3, 0.4) is 0 Å². The van der Waals surface area contributed by atoms with E-state index in [4.69, 9.17) is 16.3 Å². The second-order valence-electron chi connectivity index (χ2n) is 7.16. The van der Waals surface area contributed by atoms with Crippen LogP contribution in [-0.4, -0.2) is 25.0 Å². The van der Waals surface area contributed by atoms with Crippen LogP contribution in [0, 0.1) is 5.92 Å². The summed E-state index contributed by atoms with van der Waals surface area (Å²) in [6.07, 6.45) is 1.88. The Labute approximate surface area is 165 Å². The molecule has 0 bridgehead atoms. The Bertz CT molecular complexity index is 817. The molecule has 2 aromatic rings. The number of para-hydroxylation sites is 1. The van der Waals surface area contributed by atoms with Gasteiger partial charge in [0.05, 0.1) is 5.92 Å². The summed E-state index contributed by atoms with van der Waals surface area (Å²) in [5.74, 6) is -0.951. The molecule has 27 heavy (non-hydrogen) atoms. The normalized spacial score (nSPS) is 14.6. The van der Waals surface area contributed by atoms with Crippen LogP contribution in [0.15, 0.2) is 48.5 Å². The van der Waals surface area contributed by atoms with Crippen molar-refractivity contribution in [2.75, 3.05) is 18.1 Å². The van der Waals surface area contributed by atoms with Crippen LogP contribution in [0.1, 0.15) is 37.3 Å². The Hall–Kier alpha value is -2.33. The highest BCUT2D eigenvalue weighted by atomic mass is 35.5. The molecule has 142 valence electrons. The molecule has 0 radical (unpaired) electrons. The minimum absolute atomic E-state index is 0.0458. The second kappa shape index (κ2) is 8.57. The molecule has 2 aromatic carbocycles. The lowest BCUT2D eigenvalue weighted by molar-refractivity contribution is -0.150. The van der Waals surface area contributed by atoms with Gasteiger partial charge in [-0.05, 0) is 48.1 Å². The van der Waals surface area contributed by atoms with Crippen LogP contribution in [0.25, 0.3) is 0 Å². The molecule has 4 nitrogen and oxygen atoms in total. The van der Waals surface area contributed by atoms with Crippen LogP contribution in [-0.2, 0) is 20.7 Å². The van der Waals surface area contributed by atoms with E-state index in [-0.39, 0.29) is 24.4 Å². The molecule has 3 rings (SSSR count). The molecule has 5 heteroatoms. The van der Waals surface area contributed by atoms with E-state index in [0.29, 0.717) is 11.6 Å². The van der Waals surface area contributed by atoms with E-state index < -0.39 is 5.92 Å². The molecule has 1 aliphatic rings. The Kier molecular flexibility index (Phi) is 6.17. The third-order valence-electron chi connectivity index (χ3n) is 4.90. The van der Waals surface area contributed by atoms with Gasteiger partial charge in [0.1, 0.15) is 0 Å². The maximum atomic E-state index is 12.7. The minimum Gasteiger partial charge on any atom is -0.455 e. The lowest BCUT2D eigenvalue weighted by atomic mass is 9.88. The van der Waals surface area contributed by atoms with Crippen LogP contribution >= 0.6 is 11.6 Å². The van der Waals surface area contributed by atoms with Crippen molar-refractivity contribution in [2.24, 2.45) is 5.92 Å². The number of hydrogen-bond donors (Lipinski definition) is 0. The van der Waals surface area contributed by atoms with Gasteiger partial charge in [-0.2, -0.15) is 0 Å². The number of amides is 1. The van der Waals surface area contributed by atoms with Crippen molar-refractivity contribution in [1.29, 1.82) is 0 Å². The van der Waals surface area contributed by atoms with Gasteiger partial charge in [-0.1, -0.05) is 55.8 Å². The Balaban J connectivity index is 1.67. The van der Waals surface area contributed by atoms with Gasteiger partial charge in [0.25, 0.3) is 5.91 Å². The summed E-state index contributed by atoms with van der Waals surface area (Å²) in [6.45, 7) is 4.33. The lowest BCUT2D eigenvalue weighted by Crippen LogP contribution is -2.39. The van der Waals surface area contributed by atoms with E-state index in [1.54, 1.807) is 17.0 Å². The molecule has 0 fully saturated rings. The number of hydrogen-bond acceptors (Lipinski definition) is 3. The van der Waals surface area contributed by atoms with E-state index in [1.165, 1.54) is 0 Å². The summed E-state index contributed by atoms with van der Waals surface area (Å²) >= 11 is 5.94. The van der Waals surface area contributed by atoms with Crippen LogP contribution in [0.5, 0.6) is 0 Å². The smallest absolute Gasteiger partial charge is 0.314 e.